The summed E-state index contributed by atoms with van der Waals surface area (Å²) >= 11 is 3.33. The number of nitrogen functional groups attached to an aromatic ring is 1. The van der Waals surface area contributed by atoms with E-state index < -0.39 is 0 Å². The van der Waals surface area contributed by atoms with Gasteiger partial charge >= 0.3 is 5.97 Å². The molecule has 1 heterocycles. The largest absolute Gasteiger partial charge is 0.462 e. The summed E-state index contributed by atoms with van der Waals surface area (Å²) in [4.78, 5) is 18.5. The van der Waals surface area contributed by atoms with Crippen molar-refractivity contribution in [3.8, 4) is 0 Å². The fourth-order valence-electron chi connectivity index (χ4n) is 1.43. The van der Waals surface area contributed by atoms with Crippen molar-refractivity contribution in [3.05, 3.63) is 22.2 Å². The molecule has 0 radical (unpaired) electrons. The molecule has 6 heteroatoms. The Morgan fingerprint density at radius 2 is 2.38 bits per heavy atom. The van der Waals surface area contributed by atoms with Crippen LogP contribution in [-0.4, -0.2) is 22.5 Å². The molecule has 0 aliphatic rings. The Morgan fingerprint density at radius 1 is 1.62 bits per heavy atom. The minimum atomic E-state index is -0.363. The molecule has 3 N–H and O–H groups in total. The second-order valence-electron chi connectivity index (χ2n) is 3.20. The van der Waals surface area contributed by atoms with Crippen molar-refractivity contribution < 1.29 is 9.53 Å². The first-order valence-electron chi connectivity index (χ1n) is 4.73. The van der Waals surface area contributed by atoms with Crippen molar-refractivity contribution in [1.29, 1.82) is 0 Å². The minimum absolute atomic E-state index is 0.316. The van der Waals surface area contributed by atoms with E-state index in [0.717, 1.165) is 0 Å². The maximum Gasteiger partial charge on any atom is 0.338 e. The van der Waals surface area contributed by atoms with Gasteiger partial charge in [0.25, 0.3) is 0 Å². The topological polar surface area (TPSA) is 81.0 Å². The molecule has 1 aromatic carbocycles. The number of rotatable bonds is 2. The van der Waals surface area contributed by atoms with Crippen LogP contribution in [0.1, 0.15) is 17.3 Å². The van der Waals surface area contributed by atoms with Crippen LogP contribution in [0, 0.1) is 0 Å². The monoisotopic (exact) mass is 283 g/mol. The number of esters is 1. The molecule has 0 spiro atoms. The van der Waals surface area contributed by atoms with Crippen LogP contribution >= 0.6 is 15.9 Å². The molecule has 5 nitrogen and oxygen atoms in total. The van der Waals surface area contributed by atoms with Crippen LogP contribution < -0.4 is 5.73 Å². The van der Waals surface area contributed by atoms with Gasteiger partial charge in [-0.2, -0.15) is 0 Å². The lowest BCUT2D eigenvalue weighted by Crippen LogP contribution is -2.04. The van der Waals surface area contributed by atoms with Crippen LogP contribution in [-0.2, 0) is 4.74 Å². The summed E-state index contributed by atoms with van der Waals surface area (Å²) in [6, 6.07) is 3.34. The number of nitrogens with zero attached hydrogens (tertiary/aromatic N) is 1. The van der Waals surface area contributed by atoms with E-state index in [-0.39, 0.29) is 5.97 Å². The van der Waals surface area contributed by atoms with Gasteiger partial charge in [-0.3, -0.25) is 0 Å². The van der Waals surface area contributed by atoms with E-state index in [0.29, 0.717) is 33.6 Å². The summed E-state index contributed by atoms with van der Waals surface area (Å²) in [5.74, 6) is -0.0463. The molecular formula is C10H10BrN3O2. The van der Waals surface area contributed by atoms with Crippen molar-refractivity contribution in [3.63, 3.8) is 0 Å². The number of aromatic nitrogens is 2. The van der Waals surface area contributed by atoms with Crippen LogP contribution in [0.4, 0.5) is 5.95 Å². The van der Waals surface area contributed by atoms with Gasteiger partial charge in [0.05, 0.1) is 17.7 Å². The number of hydrogen-bond donors (Lipinski definition) is 2. The smallest absolute Gasteiger partial charge is 0.338 e. The molecule has 0 saturated carbocycles. The molecule has 0 bridgehead atoms. The van der Waals surface area contributed by atoms with Gasteiger partial charge in [-0.1, -0.05) is 0 Å². The SMILES string of the molecule is CCOC(=O)c1cc(Br)c2nc(N)[nH]c2c1. The van der Waals surface area contributed by atoms with Gasteiger partial charge in [0.1, 0.15) is 5.52 Å². The zero-order chi connectivity index (χ0) is 11.7. The quantitative estimate of drug-likeness (QED) is 0.827. The van der Waals surface area contributed by atoms with Gasteiger partial charge < -0.3 is 15.5 Å². The number of carbonyl (C=O) groups excluding carboxylic acids is 1. The number of ether oxygens (including phenoxy) is 1. The summed E-state index contributed by atoms with van der Waals surface area (Å²) in [7, 11) is 0. The summed E-state index contributed by atoms with van der Waals surface area (Å²) in [5.41, 5.74) is 7.41. The van der Waals surface area contributed by atoms with Gasteiger partial charge in [-0.25, -0.2) is 9.78 Å². The lowest BCUT2D eigenvalue weighted by Gasteiger charge is -2.02. The number of imidazole rings is 1. The third-order valence-corrected chi connectivity index (χ3v) is 2.67. The number of hydrogen-bond acceptors (Lipinski definition) is 4. The van der Waals surface area contributed by atoms with Crippen molar-refractivity contribution in [2.24, 2.45) is 0 Å². The highest BCUT2D eigenvalue weighted by atomic mass is 79.9. The van der Waals surface area contributed by atoms with E-state index in [2.05, 4.69) is 25.9 Å². The van der Waals surface area contributed by atoms with E-state index in [4.69, 9.17) is 10.5 Å². The number of nitrogens with one attached hydrogen (secondary N) is 1. The van der Waals surface area contributed by atoms with Crippen LogP contribution in [0.5, 0.6) is 0 Å². The van der Waals surface area contributed by atoms with Crippen molar-refractivity contribution in [2.45, 2.75) is 6.92 Å². The Hall–Kier alpha value is -1.56. The third-order valence-electron chi connectivity index (χ3n) is 2.07. The lowest BCUT2D eigenvalue weighted by molar-refractivity contribution is 0.0526. The van der Waals surface area contributed by atoms with Crippen molar-refractivity contribution >= 4 is 38.9 Å². The fraction of sp³-hybridized carbons (Fsp3) is 0.200. The highest BCUT2D eigenvalue weighted by molar-refractivity contribution is 9.10. The number of fused-ring (bicyclic) bond motifs is 1. The predicted octanol–water partition coefficient (Wildman–Crippen LogP) is 2.08. The Labute approximate surface area is 100 Å². The Balaban J connectivity index is 2.53. The molecule has 2 aromatic rings. The number of anilines is 1. The molecule has 84 valence electrons. The summed E-state index contributed by atoms with van der Waals surface area (Å²) in [5, 5.41) is 0. The highest BCUT2D eigenvalue weighted by Crippen LogP contribution is 2.25. The normalized spacial score (nSPS) is 10.6. The summed E-state index contributed by atoms with van der Waals surface area (Å²) in [6.07, 6.45) is 0. The number of halogens is 1. The minimum Gasteiger partial charge on any atom is -0.462 e. The number of H-pyrrole nitrogens is 1. The molecule has 0 fully saturated rings. The molecule has 0 saturated heterocycles. The average Bonchev–Trinajstić information content (AvgIpc) is 2.59. The van der Waals surface area contributed by atoms with Crippen LogP contribution in [0.3, 0.4) is 0 Å². The molecule has 0 aliphatic carbocycles. The zero-order valence-electron chi connectivity index (χ0n) is 8.58. The van der Waals surface area contributed by atoms with E-state index in [9.17, 15) is 4.79 Å². The van der Waals surface area contributed by atoms with Crippen LogP contribution in [0.15, 0.2) is 16.6 Å². The molecule has 0 aliphatic heterocycles. The van der Waals surface area contributed by atoms with Crippen molar-refractivity contribution in [2.75, 3.05) is 12.3 Å². The van der Waals surface area contributed by atoms with Crippen molar-refractivity contribution in [1.82, 2.24) is 9.97 Å². The van der Waals surface area contributed by atoms with Crippen LogP contribution in [0.25, 0.3) is 11.0 Å². The molecule has 0 amide bonds. The highest BCUT2D eigenvalue weighted by Gasteiger charge is 2.12. The molecule has 1 aromatic heterocycles. The van der Waals surface area contributed by atoms with E-state index >= 15 is 0 Å². The number of nitrogens with two attached hydrogens (primary N) is 1. The third kappa shape index (κ3) is 1.88. The molecule has 0 atom stereocenters. The first-order chi connectivity index (χ1) is 7.61. The molecule has 2 rings (SSSR count). The molecule has 16 heavy (non-hydrogen) atoms. The Kier molecular flexibility index (Phi) is 2.82. The maximum atomic E-state index is 11.5. The fourth-order valence-corrected chi connectivity index (χ4v) is 1.98. The van der Waals surface area contributed by atoms with Gasteiger partial charge in [0.15, 0.2) is 5.95 Å². The molecular weight excluding hydrogens is 274 g/mol. The van der Waals surface area contributed by atoms with Crippen LogP contribution in [0.2, 0.25) is 0 Å². The molecule has 0 unspecified atom stereocenters. The van der Waals surface area contributed by atoms with Gasteiger partial charge in [0, 0.05) is 4.47 Å². The Bertz CT molecular complexity index is 550. The second-order valence-corrected chi connectivity index (χ2v) is 4.05. The zero-order valence-corrected chi connectivity index (χ0v) is 10.2. The summed E-state index contributed by atoms with van der Waals surface area (Å²) < 4.78 is 5.62. The van der Waals surface area contributed by atoms with E-state index in [1.165, 1.54) is 0 Å². The van der Waals surface area contributed by atoms with E-state index in [1.54, 1.807) is 19.1 Å². The van der Waals surface area contributed by atoms with Gasteiger partial charge in [0.2, 0.25) is 0 Å². The number of aromatic amines is 1. The predicted molar refractivity (Wildman–Crippen MR) is 64.2 cm³/mol. The van der Waals surface area contributed by atoms with E-state index in [1.807, 2.05) is 0 Å². The average molecular weight is 284 g/mol. The lowest BCUT2D eigenvalue weighted by atomic mass is 10.2. The maximum absolute atomic E-state index is 11.5. The number of carbonyl (C=O) groups is 1. The van der Waals surface area contributed by atoms with Gasteiger partial charge in [-0.15, -0.1) is 0 Å². The Morgan fingerprint density at radius 3 is 3.06 bits per heavy atom. The summed E-state index contributed by atoms with van der Waals surface area (Å²) in [6.45, 7) is 2.11. The van der Waals surface area contributed by atoms with Gasteiger partial charge in [-0.05, 0) is 35.0 Å². The second kappa shape index (κ2) is 4.13. The first-order valence-corrected chi connectivity index (χ1v) is 5.53. The number of benzene rings is 1. The standard InChI is InChI=1S/C10H10BrN3O2/c1-2-16-9(15)5-3-6(11)8-7(4-5)13-10(12)14-8/h3-4H,2H2,1H3,(H3,12,13,14). The first kappa shape index (κ1) is 10.9.